The summed E-state index contributed by atoms with van der Waals surface area (Å²) in [6, 6.07) is 0.418. The third kappa shape index (κ3) is 8.05. The summed E-state index contributed by atoms with van der Waals surface area (Å²) in [5.41, 5.74) is 7.80. The highest BCUT2D eigenvalue weighted by Gasteiger charge is 2.34. The molecule has 1 aliphatic heterocycles. The lowest BCUT2D eigenvalue weighted by atomic mass is 9.79. The van der Waals surface area contributed by atoms with Gasteiger partial charge in [-0.3, -0.25) is 10.2 Å². The zero-order valence-corrected chi connectivity index (χ0v) is 22.0. The summed E-state index contributed by atoms with van der Waals surface area (Å²) in [5, 5.41) is 7.90. The second-order valence-electron chi connectivity index (χ2n) is 9.90. The molecule has 6 nitrogen and oxygen atoms in total. The lowest BCUT2D eigenvalue weighted by molar-refractivity contribution is -0.126. The van der Waals surface area contributed by atoms with Crippen LogP contribution < -0.4 is 5.73 Å². The second kappa shape index (κ2) is 13.2. The first kappa shape index (κ1) is 28.2. The number of carbonyl (C=O) groups excluding carboxylic acids is 1. The molecule has 34 heavy (non-hydrogen) atoms. The van der Waals surface area contributed by atoms with Crippen LogP contribution in [0.1, 0.15) is 59.3 Å². The Morgan fingerprint density at radius 1 is 1.38 bits per heavy atom. The van der Waals surface area contributed by atoms with Gasteiger partial charge < -0.3 is 15.5 Å². The number of rotatable bonds is 11. The molecule has 0 aromatic rings. The first-order valence-electron chi connectivity index (χ1n) is 12.3. The molecule has 0 radical (unpaired) electrons. The van der Waals surface area contributed by atoms with Gasteiger partial charge in [-0.25, -0.2) is 9.38 Å². The Bertz CT molecular complexity index is 861. The van der Waals surface area contributed by atoms with E-state index < -0.39 is 0 Å². The van der Waals surface area contributed by atoms with Crippen molar-refractivity contribution < 1.29 is 9.18 Å². The minimum absolute atomic E-state index is 0.0257. The van der Waals surface area contributed by atoms with Crippen molar-refractivity contribution in [3.63, 3.8) is 0 Å². The quantitative estimate of drug-likeness (QED) is 0.240. The molecule has 3 N–H and O–H groups in total. The Morgan fingerprint density at radius 3 is 2.71 bits per heavy atom. The number of halogens is 2. The fourth-order valence-corrected chi connectivity index (χ4v) is 4.62. The standard InChI is InChI=1S/C26H41ClFN5O/c1-6-7-8-19(11-18(3)32(4)5)12-20-13-21(28)9-10-22(20)26(34)33-15-23(24(29)16-33)25(30)31-14-17(2)27/h9-10,14,17-20,30H,6-8,11-13,15-16,29H2,1-5H3. The number of allylic oxidation sites excluding steroid dienone is 3. The van der Waals surface area contributed by atoms with Crippen molar-refractivity contribution in [1.82, 2.24) is 9.80 Å². The Morgan fingerprint density at radius 2 is 2.09 bits per heavy atom. The molecule has 8 heteroatoms. The topological polar surface area (TPSA) is 85.8 Å². The molecule has 4 atom stereocenters. The maximum Gasteiger partial charge on any atom is 0.250 e. The average Bonchev–Trinajstić information content (AvgIpc) is 3.17. The number of hydrogen-bond acceptors (Lipinski definition) is 4. The van der Waals surface area contributed by atoms with E-state index in [4.69, 9.17) is 22.7 Å². The van der Waals surface area contributed by atoms with E-state index in [1.165, 1.54) is 12.3 Å². The number of alkyl halides is 1. The monoisotopic (exact) mass is 493 g/mol. The van der Waals surface area contributed by atoms with Gasteiger partial charge in [-0.05, 0) is 58.7 Å². The van der Waals surface area contributed by atoms with E-state index >= 15 is 0 Å². The van der Waals surface area contributed by atoms with Crippen LogP contribution in [0.15, 0.2) is 39.8 Å². The van der Waals surface area contributed by atoms with Crippen LogP contribution in [0.4, 0.5) is 4.39 Å². The third-order valence-corrected chi connectivity index (χ3v) is 6.90. The summed E-state index contributed by atoms with van der Waals surface area (Å²) < 4.78 is 14.3. The van der Waals surface area contributed by atoms with E-state index in [9.17, 15) is 9.18 Å². The molecular formula is C26H41ClFN5O. The predicted octanol–water partition coefficient (Wildman–Crippen LogP) is 5.05. The number of amides is 1. The molecular weight excluding hydrogens is 453 g/mol. The number of nitrogens with one attached hydrogen (secondary N) is 1. The van der Waals surface area contributed by atoms with E-state index in [0.29, 0.717) is 28.8 Å². The smallest absolute Gasteiger partial charge is 0.250 e. The van der Waals surface area contributed by atoms with Gasteiger partial charge in [0.25, 0.3) is 5.91 Å². The van der Waals surface area contributed by atoms with Crippen molar-refractivity contribution in [3.8, 4) is 0 Å². The van der Waals surface area contributed by atoms with Crippen molar-refractivity contribution in [2.24, 2.45) is 22.6 Å². The predicted molar refractivity (Wildman–Crippen MR) is 140 cm³/mol. The molecule has 2 rings (SSSR count). The number of nitrogens with two attached hydrogens (primary N) is 1. The van der Waals surface area contributed by atoms with Gasteiger partial charge in [0, 0.05) is 35.5 Å². The van der Waals surface area contributed by atoms with Gasteiger partial charge in [0.2, 0.25) is 0 Å². The molecule has 1 heterocycles. The van der Waals surface area contributed by atoms with Gasteiger partial charge in [0.1, 0.15) is 5.83 Å². The molecule has 0 aromatic heterocycles. The summed E-state index contributed by atoms with van der Waals surface area (Å²) in [6.07, 6.45) is 9.92. The van der Waals surface area contributed by atoms with Crippen LogP contribution in [0.25, 0.3) is 0 Å². The van der Waals surface area contributed by atoms with E-state index in [1.54, 1.807) is 17.9 Å². The van der Waals surface area contributed by atoms with Gasteiger partial charge in [-0.2, -0.15) is 0 Å². The lowest BCUT2D eigenvalue weighted by Crippen LogP contribution is -2.35. The van der Waals surface area contributed by atoms with Gasteiger partial charge >= 0.3 is 0 Å². The summed E-state index contributed by atoms with van der Waals surface area (Å²) in [5.74, 6) is -0.0280. The Labute approximate surface area is 209 Å². The Hall–Kier alpha value is -1.99. The molecule has 2 aliphatic rings. The zero-order valence-electron chi connectivity index (χ0n) is 21.3. The zero-order chi connectivity index (χ0) is 25.4. The molecule has 0 bridgehead atoms. The number of hydrogen-bond donors (Lipinski definition) is 2. The van der Waals surface area contributed by atoms with E-state index in [-0.39, 0.29) is 48.4 Å². The maximum atomic E-state index is 14.3. The normalized spacial score (nSPS) is 21.6. The van der Waals surface area contributed by atoms with E-state index in [0.717, 1.165) is 32.1 Å². The largest absolute Gasteiger partial charge is 0.400 e. The Balaban J connectivity index is 2.15. The molecule has 1 aliphatic carbocycles. The number of carbonyl (C=O) groups is 1. The molecule has 0 saturated carbocycles. The molecule has 190 valence electrons. The first-order valence-corrected chi connectivity index (χ1v) is 12.7. The second-order valence-corrected chi connectivity index (χ2v) is 10.6. The SMILES string of the molecule is CCCCC(CC1CC(F)=CC=C1C(=O)N1CC(N)=C(C(=N)N=CC(C)Cl)C1)CC(C)N(C)C. The van der Waals surface area contributed by atoms with E-state index in [1.807, 2.05) is 0 Å². The van der Waals surface area contributed by atoms with Gasteiger partial charge in [-0.1, -0.05) is 32.3 Å². The van der Waals surface area contributed by atoms with Crippen LogP contribution in [-0.4, -0.2) is 66.4 Å². The highest BCUT2D eigenvalue weighted by molar-refractivity contribution is 6.28. The number of nitrogens with zero attached hydrogens (tertiary/aromatic N) is 3. The van der Waals surface area contributed by atoms with Crippen molar-refractivity contribution >= 4 is 29.6 Å². The first-order chi connectivity index (χ1) is 16.0. The summed E-state index contributed by atoms with van der Waals surface area (Å²) in [6.45, 7) is 6.63. The van der Waals surface area contributed by atoms with Gasteiger partial charge in [-0.15, -0.1) is 11.6 Å². The molecule has 4 unspecified atom stereocenters. The Kier molecular flexibility index (Phi) is 11.0. The molecule has 1 amide bonds. The van der Waals surface area contributed by atoms with E-state index in [2.05, 4.69) is 37.8 Å². The van der Waals surface area contributed by atoms with Crippen LogP contribution in [0.5, 0.6) is 0 Å². The van der Waals surface area contributed by atoms with Gasteiger partial charge in [0.05, 0.1) is 18.5 Å². The fraction of sp³-hybridized carbons (Fsp3) is 0.654. The average molecular weight is 494 g/mol. The minimum atomic E-state index is -0.299. The van der Waals surface area contributed by atoms with Crippen LogP contribution in [0.3, 0.4) is 0 Å². The van der Waals surface area contributed by atoms with Crippen LogP contribution in [0, 0.1) is 17.2 Å². The summed E-state index contributed by atoms with van der Waals surface area (Å²) >= 11 is 5.89. The number of aliphatic imine (C=N–C) groups is 1. The summed E-state index contributed by atoms with van der Waals surface area (Å²) in [7, 11) is 4.16. The molecule has 0 saturated heterocycles. The van der Waals surface area contributed by atoms with Crippen LogP contribution >= 0.6 is 11.6 Å². The maximum absolute atomic E-state index is 14.3. The van der Waals surface area contributed by atoms with Crippen LogP contribution in [-0.2, 0) is 4.79 Å². The fourth-order valence-electron chi connectivity index (χ4n) is 4.56. The van der Waals surface area contributed by atoms with Crippen molar-refractivity contribution in [3.05, 3.63) is 34.8 Å². The molecule has 0 spiro atoms. The van der Waals surface area contributed by atoms with Gasteiger partial charge in [0.15, 0.2) is 5.84 Å². The third-order valence-electron chi connectivity index (χ3n) is 6.79. The lowest BCUT2D eigenvalue weighted by Gasteiger charge is -2.31. The molecule has 0 aromatic carbocycles. The molecule has 0 fully saturated rings. The highest BCUT2D eigenvalue weighted by Crippen LogP contribution is 2.36. The van der Waals surface area contributed by atoms with Crippen molar-refractivity contribution in [2.75, 3.05) is 27.2 Å². The van der Waals surface area contributed by atoms with Crippen LogP contribution in [0.2, 0.25) is 0 Å². The minimum Gasteiger partial charge on any atom is -0.400 e. The van der Waals surface area contributed by atoms with Crippen molar-refractivity contribution in [2.45, 2.75) is 70.7 Å². The van der Waals surface area contributed by atoms with Crippen molar-refractivity contribution in [1.29, 1.82) is 5.41 Å². The highest BCUT2D eigenvalue weighted by atomic mass is 35.5. The number of unbranched alkanes of at least 4 members (excludes halogenated alkanes) is 1. The summed E-state index contributed by atoms with van der Waals surface area (Å²) in [4.78, 5) is 21.4. The number of amidine groups is 1.